The molecule has 2 rings (SSSR count). The molecular weight excluding hydrogens is 244 g/mol. The summed E-state index contributed by atoms with van der Waals surface area (Å²) in [6.45, 7) is 3.40. The number of hydrogen-bond donors (Lipinski definition) is 1. The van der Waals surface area contributed by atoms with Crippen LogP contribution in [0.3, 0.4) is 0 Å². The normalized spacial score (nSPS) is 37.7. The van der Waals surface area contributed by atoms with E-state index in [1.807, 2.05) is 13.8 Å². The van der Waals surface area contributed by atoms with Gasteiger partial charge in [-0.05, 0) is 13.8 Å². The summed E-state index contributed by atoms with van der Waals surface area (Å²) in [5, 5.41) is 8.51. The monoisotopic (exact) mass is 262 g/mol. The largest absolute Gasteiger partial charge is 0.480 e. The molecule has 18 heavy (non-hydrogen) atoms. The van der Waals surface area contributed by atoms with Gasteiger partial charge < -0.3 is 28.8 Å². The Labute approximate surface area is 105 Å². The van der Waals surface area contributed by atoms with E-state index < -0.39 is 18.0 Å². The number of carboxylic acids is 1. The van der Waals surface area contributed by atoms with Crippen molar-refractivity contribution in [2.45, 2.75) is 44.2 Å². The molecule has 7 nitrogen and oxygen atoms in total. The number of methoxy groups -OCH3 is 1. The first-order valence-corrected chi connectivity index (χ1v) is 5.76. The van der Waals surface area contributed by atoms with Gasteiger partial charge in [0.2, 0.25) is 0 Å². The van der Waals surface area contributed by atoms with Crippen LogP contribution in [-0.4, -0.2) is 61.8 Å². The summed E-state index contributed by atoms with van der Waals surface area (Å²) in [5.41, 5.74) is 0. The van der Waals surface area contributed by atoms with Gasteiger partial charge in [0.05, 0.1) is 6.61 Å². The van der Waals surface area contributed by atoms with Crippen molar-refractivity contribution in [3.63, 3.8) is 0 Å². The Morgan fingerprint density at radius 2 is 2.00 bits per heavy atom. The van der Waals surface area contributed by atoms with E-state index in [1.54, 1.807) is 0 Å². The second-order valence-electron chi connectivity index (χ2n) is 4.75. The third-order valence-electron chi connectivity index (χ3n) is 2.85. The Kier molecular flexibility index (Phi) is 3.88. The standard InChI is InChI=1S/C11H18O7/c1-11(2)17-8-6(4-15-5-7(12)13)16-10(14-3)9(8)18-11/h6,8-10H,4-5H2,1-3H3,(H,12,13)/t6-,8-,9-,10?/m1/s1. The molecule has 0 amide bonds. The highest BCUT2D eigenvalue weighted by molar-refractivity contribution is 5.67. The topological polar surface area (TPSA) is 83.5 Å². The van der Waals surface area contributed by atoms with Gasteiger partial charge in [-0.2, -0.15) is 0 Å². The molecular formula is C11H18O7. The van der Waals surface area contributed by atoms with Crippen LogP contribution in [0.15, 0.2) is 0 Å². The molecule has 0 aromatic carbocycles. The molecule has 0 aromatic rings. The molecule has 0 radical (unpaired) electrons. The van der Waals surface area contributed by atoms with Crippen LogP contribution in [0.1, 0.15) is 13.8 Å². The second-order valence-corrected chi connectivity index (χ2v) is 4.75. The molecule has 1 N–H and O–H groups in total. The van der Waals surface area contributed by atoms with E-state index in [0.717, 1.165) is 0 Å². The first kappa shape index (κ1) is 13.7. The Morgan fingerprint density at radius 1 is 1.33 bits per heavy atom. The van der Waals surface area contributed by atoms with Gasteiger partial charge in [0, 0.05) is 7.11 Å². The fourth-order valence-corrected chi connectivity index (χ4v) is 2.23. The van der Waals surface area contributed by atoms with Crippen LogP contribution in [0.5, 0.6) is 0 Å². The number of fused-ring (bicyclic) bond motifs is 1. The zero-order chi connectivity index (χ0) is 13.3. The fraction of sp³-hybridized carbons (Fsp3) is 0.909. The summed E-state index contributed by atoms with van der Waals surface area (Å²) in [7, 11) is 1.52. The molecule has 2 saturated heterocycles. The van der Waals surface area contributed by atoms with E-state index in [1.165, 1.54) is 7.11 Å². The molecule has 0 aromatic heterocycles. The first-order chi connectivity index (χ1) is 8.43. The van der Waals surface area contributed by atoms with Gasteiger partial charge in [-0.1, -0.05) is 0 Å². The Morgan fingerprint density at radius 3 is 2.61 bits per heavy atom. The molecule has 7 heteroatoms. The van der Waals surface area contributed by atoms with E-state index in [-0.39, 0.29) is 31.5 Å². The molecule has 2 aliphatic heterocycles. The van der Waals surface area contributed by atoms with Crippen LogP contribution in [0.4, 0.5) is 0 Å². The van der Waals surface area contributed by atoms with Crippen molar-refractivity contribution >= 4 is 5.97 Å². The highest BCUT2D eigenvalue weighted by Gasteiger charge is 2.55. The summed E-state index contributed by atoms with van der Waals surface area (Å²) in [6, 6.07) is 0. The van der Waals surface area contributed by atoms with Gasteiger partial charge in [0.15, 0.2) is 12.1 Å². The van der Waals surface area contributed by atoms with Crippen molar-refractivity contribution < 1.29 is 33.6 Å². The number of aliphatic carboxylic acids is 1. The quantitative estimate of drug-likeness (QED) is 0.745. The molecule has 104 valence electrons. The number of ether oxygens (including phenoxy) is 5. The van der Waals surface area contributed by atoms with Gasteiger partial charge in [-0.15, -0.1) is 0 Å². The Bertz CT molecular complexity index is 317. The van der Waals surface area contributed by atoms with Gasteiger partial charge in [0.1, 0.15) is 24.9 Å². The number of carbonyl (C=O) groups is 1. The van der Waals surface area contributed by atoms with Crippen LogP contribution in [0.2, 0.25) is 0 Å². The van der Waals surface area contributed by atoms with Gasteiger partial charge in [0.25, 0.3) is 0 Å². The average Bonchev–Trinajstić information content (AvgIpc) is 2.72. The molecule has 0 aliphatic carbocycles. The number of carboxylic acid groups (broad SMARTS) is 1. The maximum absolute atomic E-state index is 10.4. The molecule has 0 bridgehead atoms. The van der Waals surface area contributed by atoms with E-state index in [9.17, 15) is 4.79 Å². The third-order valence-corrected chi connectivity index (χ3v) is 2.85. The van der Waals surface area contributed by atoms with E-state index in [0.29, 0.717) is 0 Å². The average molecular weight is 262 g/mol. The third kappa shape index (κ3) is 2.81. The molecule has 0 saturated carbocycles. The molecule has 0 spiro atoms. The summed E-state index contributed by atoms with van der Waals surface area (Å²) < 4.78 is 27.2. The SMILES string of the molecule is COC1O[C@H](COCC(=O)O)[C@H]2OC(C)(C)O[C@@H]12. The maximum atomic E-state index is 10.4. The summed E-state index contributed by atoms with van der Waals surface area (Å²) in [5.74, 6) is -1.71. The fourth-order valence-electron chi connectivity index (χ4n) is 2.23. The number of hydrogen-bond acceptors (Lipinski definition) is 6. The van der Waals surface area contributed by atoms with Crippen molar-refractivity contribution in [2.75, 3.05) is 20.3 Å². The lowest BCUT2D eigenvalue weighted by Crippen LogP contribution is -2.33. The van der Waals surface area contributed by atoms with Crippen molar-refractivity contribution in [2.24, 2.45) is 0 Å². The second kappa shape index (κ2) is 5.10. The predicted octanol–water partition coefficient (Wildman–Crippen LogP) is -0.0210. The minimum absolute atomic E-state index is 0.132. The van der Waals surface area contributed by atoms with Crippen molar-refractivity contribution in [1.29, 1.82) is 0 Å². The zero-order valence-electron chi connectivity index (χ0n) is 10.6. The predicted molar refractivity (Wildman–Crippen MR) is 57.9 cm³/mol. The zero-order valence-corrected chi connectivity index (χ0v) is 10.6. The smallest absolute Gasteiger partial charge is 0.329 e. The van der Waals surface area contributed by atoms with Gasteiger partial charge >= 0.3 is 5.97 Å². The first-order valence-electron chi connectivity index (χ1n) is 5.76. The summed E-state index contributed by atoms with van der Waals surface area (Å²) >= 11 is 0. The lowest BCUT2D eigenvalue weighted by atomic mass is 10.1. The molecule has 2 aliphatic rings. The van der Waals surface area contributed by atoms with Crippen LogP contribution in [0.25, 0.3) is 0 Å². The van der Waals surface area contributed by atoms with Gasteiger partial charge in [-0.25, -0.2) is 4.79 Å². The molecule has 2 heterocycles. The van der Waals surface area contributed by atoms with Crippen LogP contribution >= 0.6 is 0 Å². The number of rotatable bonds is 5. The molecule has 1 unspecified atom stereocenters. The lowest BCUT2D eigenvalue weighted by Gasteiger charge is -2.23. The van der Waals surface area contributed by atoms with E-state index >= 15 is 0 Å². The van der Waals surface area contributed by atoms with Crippen LogP contribution in [-0.2, 0) is 28.5 Å². The van der Waals surface area contributed by atoms with Crippen LogP contribution in [0, 0.1) is 0 Å². The summed E-state index contributed by atoms with van der Waals surface area (Å²) in [6.07, 6.45) is -1.53. The minimum Gasteiger partial charge on any atom is -0.480 e. The minimum atomic E-state index is -1.02. The van der Waals surface area contributed by atoms with Crippen molar-refractivity contribution in [3.8, 4) is 0 Å². The molecule has 2 fully saturated rings. The summed E-state index contributed by atoms with van der Waals surface area (Å²) in [4.78, 5) is 10.4. The Balaban J connectivity index is 1.93. The lowest BCUT2D eigenvalue weighted by molar-refractivity contribution is -0.231. The maximum Gasteiger partial charge on any atom is 0.329 e. The Hall–Kier alpha value is -0.730. The van der Waals surface area contributed by atoms with Crippen molar-refractivity contribution in [1.82, 2.24) is 0 Å². The molecule has 4 atom stereocenters. The van der Waals surface area contributed by atoms with Crippen molar-refractivity contribution in [3.05, 3.63) is 0 Å². The van der Waals surface area contributed by atoms with E-state index in [4.69, 9.17) is 28.8 Å². The highest BCUT2D eigenvalue weighted by atomic mass is 16.8. The van der Waals surface area contributed by atoms with Gasteiger partial charge in [-0.3, -0.25) is 0 Å². The van der Waals surface area contributed by atoms with Crippen LogP contribution < -0.4 is 0 Å². The van der Waals surface area contributed by atoms with E-state index in [2.05, 4.69) is 0 Å². The highest BCUT2D eigenvalue weighted by Crippen LogP contribution is 2.38.